The highest BCUT2D eigenvalue weighted by atomic mass is 32.2. The lowest BCUT2D eigenvalue weighted by Crippen LogP contribution is -2.34. The highest BCUT2D eigenvalue weighted by molar-refractivity contribution is 7.96. The van der Waals surface area contributed by atoms with E-state index >= 15 is 0 Å². The second-order valence-corrected chi connectivity index (χ2v) is 7.68. The molecule has 0 saturated carbocycles. The summed E-state index contributed by atoms with van der Waals surface area (Å²) < 4.78 is 25.3. The van der Waals surface area contributed by atoms with Crippen LogP contribution in [-0.2, 0) is 14.6 Å². The number of hydrogen-bond donors (Lipinski definition) is 0. The molecule has 2 aliphatic heterocycles. The molecule has 0 radical (unpaired) electrons. The largest absolute Gasteiger partial charge is 0.332 e. The molecule has 0 bridgehead atoms. The zero-order valence-electron chi connectivity index (χ0n) is 12.1. The quantitative estimate of drug-likeness (QED) is 0.843. The first kappa shape index (κ1) is 14.3. The third-order valence-corrected chi connectivity index (χ3v) is 6.02. The van der Waals surface area contributed by atoms with Crippen LogP contribution in [0, 0.1) is 6.92 Å². The van der Waals surface area contributed by atoms with Gasteiger partial charge in [-0.2, -0.15) is 0 Å². The van der Waals surface area contributed by atoms with Crippen molar-refractivity contribution in [3.63, 3.8) is 0 Å². The van der Waals surface area contributed by atoms with E-state index in [0.29, 0.717) is 6.54 Å². The fraction of sp³-hybridized carbons (Fsp3) is 0.438. The zero-order chi connectivity index (χ0) is 15.0. The number of carbonyl (C=O) groups excluding carboxylic acids is 1. The van der Waals surface area contributed by atoms with Crippen molar-refractivity contribution in [2.24, 2.45) is 0 Å². The van der Waals surface area contributed by atoms with E-state index in [4.69, 9.17) is 0 Å². The Balaban J connectivity index is 1.97. The molecule has 4 nitrogen and oxygen atoms in total. The molecule has 1 saturated heterocycles. The van der Waals surface area contributed by atoms with Gasteiger partial charge in [-0.25, -0.2) is 8.42 Å². The predicted molar refractivity (Wildman–Crippen MR) is 80.4 cm³/mol. The first-order valence-electron chi connectivity index (χ1n) is 7.35. The van der Waals surface area contributed by atoms with Gasteiger partial charge in [0.2, 0.25) is 9.84 Å². The van der Waals surface area contributed by atoms with Gasteiger partial charge in [0.1, 0.15) is 4.91 Å². The Bertz CT molecular complexity index is 689. The van der Waals surface area contributed by atoms with E-state index in [1.165, 1.54) is 0 Å². The third kappa shape index (κ3) is 2.50. The van der Waals surface area contributed by atoms with Crippen LogP contribution >= 0.6 is 0 Å². The fourth-order valence-electron chi connectivity index (χ4n) is 3.00. The molecule has 5 heteroatoms. The summed E-state index contributed by atoms with van der Waals surface area (Å²) in [5.41, 5.74) is 0.995. The summed E-state index contributed by atoms with van der Waals surface area (Å²) in [4.78, 5) is 14.3. The molecule has 1 amide bonds. The van der Waals surface area contributed by atoms with Gasteiger partial charge >= 0.3 is 0 Å². The van der Waals surface area contributed by atoms with Crippen molar-refractivity contribution in [1.29, 1.82) is 0 Å². The molecule has 1 fully saturated rings. The fourth-order valence-corrected chi connectivity index (χ4v) is 4.43. The van der Waals surface area contributed by atoms with Gasteiger partial charge < -0.3 is 4.90 Å². The maximum Gasteiger partial charge on any atom is 0.266 e. The van der Waals surface area contributed by atoms with E-state index in [-0.39, 0.29) is 21.7 Å². The van der Waals surface area contributed by atoms with Crippen LogP contribution in [0.25, 0.3) is 0 Å². The van der Waals surface area contributed by atoms with E-state index in [2.05, 4.69) is 0 Å². The first-order chi connectivity index (χ1) is 10.00. The topological polar surface area (TPSA) is 54.5 Å². The number of aryl methyl sites for hydroxylation is 1. The number of rotatable bonds is 2. The molecule has 1 atom stereocenters. The van der Waals surface area contributed by atoms with Gasteiger partial charge in [-0.05, 0) is 38.0 Å². The number of benzene rings is 1. The Hall–Kier alpha value is -1.62. The average molecular weight is 305 g/mol. The Morgan fingerprint density at radius 3 is 2.52 bits per heavy atom. The second kappa shape index (κ2) is 5.30. The van der Waals surface area contributed by atoms with Crippen molar-refractivity contribution in [2.75, 3.05) is 6.54 Å². The summed E-state index contributed by atoms with van der Waals surface area (Å²) in [5.74, 6) is -0.331. The maximum atomic E-state index is 12.7. The molecule has 0 aromatic heterocycles. The van der Waals surface area contributed by atoms with Crippen molar-refractivity contribution >= 4 is 15.7 Å². The minimum atomic E-state index is -3.70. The molecule has 1 aromatic carbocycles. The zero-order valence-corrected chi connectivity index (χ0v) is 12.9. The van der Waals surface area contributed by atoms with Crippen LogP contribution < -0.4 is 0 Å². The molecule has 2 aliphatic rings. The number of amides is 1. The molecule has 3 rings (SSSR count). The summed E-state index contributed by atoms with van der Waals surface area (Å²) in [6.45, 7) is 2.56. The minimum Gasteiger partial charge on any atom is -0.332 e. The lowest BCUT2D eigenvalue weighted by molar-refractivity contribution is -0.126. The number of fused-ring (bicyclic) bond motifs is 1. The maximum absolute atomic E-state index is 12.7. The molecule has 21 heavy (non-hydrogen) atoms. The Labute approximate surface area is 125 Å². The highest BCUT2D eigenvalue weighted by Gasteiger charge is 2.39. The van der Waals surface area contributed by atoms with E-state index in [9.17, 15) is 13.2 Å². The Morgan fingerprint density at radius 2 is 1.81 bits per heavy atom. The van der Waals surface area contributed by atoms with Gasteiger partial charge in [0.05, 0.1) is 10.9 Å². The summed E-state index contributed by atoms with van der Waals surface area (Å²) >= 11 is 0. The van der Waals surface area contributed by atoms with Crippen LogP contribution in [0.15, 0.2) is 40.1 Å². The summed E-state index contributed by atoms with van der Waals surface area (Å²) in [5, 5.41) is 0. The van der Waals surface area contributed by atoms with Crippen molar-refractivity contribution in [2.45, 2.75) is 43.5 Å². The van der Waals surface area contributed by atoms with Gasteiger partial charge in [-0.15, -0.1) is 0 Å². The molecule has 0 aliphatic carbocycles. The van der Waals surface area contributed by atoms with Gasteiger partial charge in [-0.3, -0.25) is 4.79 Å². The molecule has 112 valence electrons. The van der Waals surface area contributed by atoms with Crippen molar-refractivity contribution in [3.8, 4) is 0 Å². The molecule has 1 aromatic rings. The summed E-state index contributed by atoms with van der Waals surface area (Å²) in [6.07, 6.45) is 5.62. The number of hydrogen-bond acceptors (Lipinski definition) is 3. The standard InChI is InChI=1S/C16H19NO3S/c1-12-6-8-14(9-7-12)21(19,20)15-11-13-5-3-2-4-10-17(13)16(15)18/h6-9,11,13H,2-5,10H2,1H3. The Kier molecular flexibility index (Phi) is 3.61. The Morgan fingerprint density at radius 1 is 1.10 bits per heavy atom. The average Bonchev–Trinajstić information content (AvgIpc) is 2.64. The highest BCUT2D eigenvalue weighted by Crippen LogP contribution is 2.31. The van der Waals surface area contributed by atoms with E-state index < -0.39 is 9.84 Å². The van der Waals surface area contributed by atoms with Crippen molar-refractivity contribution < 1.29 is 13.2 Å². The van der Waals surface area contributed by atoms with Crippen molar-refractivity contribution in [1.82, 2.24) is 4.90 Å². The molecule has 1 unspecified atom stereocenters. The van der Waals surface area contributed by atoms with Crippen LogP contribution in [0.2, 0.25) is 0 Å². The smallest absolute Gasteiger partial charge is 0.266 e. The molecule has 2 heterocycles. The van der Waals surface area contributed by atoms with Gasteiger partial charge in [-0.1, -0.05) is 30.5 Å². The lowest BCUT2D eigenvalue weighted by atomic mass is 10.1. The summed E-state index contributed by atoms with van der Waals surface area (Å²) in [6, 6.07) is 6.61. The molecular weight excluding hydrogens is 286 g/mol. The van der Waals surface area contributed by atoms with Crippen LogP contribution in [0.3, 0.4) is 0 Å². The number of carbonyl (C=O) groups is 1. The van der Waals surface area contributed by atoms with Crippen LogP contribution in [0.5, 0.6) is 0 Å². The third-order valence-electron chi connectivity index (χ3n) is 4.24. The summed E-state index contributed by atoms with van der Waals surface area (Å²) in [7, 11) is -3.70. The SMILES string of the molecule is Cc1ccc(S(=O)(=O)C2=CC3CCCCCN3C2=O)cc1. The number of nitrogens with zero attached hydrogens (tertiary/aromatic N) is 1. The van der Waals surface area contributed by atoms with Crippen LogP contribution in [0.1, 0.15) is 31.2 Å². The molecule has 0 spiro atoms. The monoisotopic (exact) mass is 305 g/mol. The minimum absolute atomic E-state index is 0.0433. The lowest BCUT2D eigenvalue weighted by Gasteiger charge is -2.21. The van der Waals surface area contributed by atoms with Crippen molar-refractivity contribution in [3.05, 3.63) is 40.8 Å². The number of sulfone groups is 1. The first-order valence-corrected chi connectivity index (χ1v) is 8.83. The predicted octanol–water partition coefficient (Wildman–Crippen LogP) is 2.44. The van der Waals surface area contributed by atoms with Gasteiger partial charge in [0.25, 0.3) is 5.91 Å². The molecule has 0 N–H and O–H groups in total. The van der Waals surface area contributed by atoms with Crippen LogP contribution in [0.4, 0.5) is 0 Å². The van der Waals surface area contributed by atoms with Gasteiger partial charge in [0.15, 0.2) is 0 Å². The second-order valence-electron chi connectivity index (χ2n) is 5.76. The van der Waals surface area contributed by atoms with Crippen LogP contribution in [-0.4, -0.2) is 31.8 Å². The van der Waals surface area contributed by atoms with E-state index in [1.54, 1.807) is 35.2 Å². The van der Waals surface area contributed by atoms with E-state index in [0.717, 1.165) is 31.2 Å². The normalized spacial score (nSPS) is 22.7. The van der Waals surface area contributed by atoms with Gasteiger partial charge in [0, 0.05) is 6.54 Å². The molecular formula is C16H19NO3S. The van der Waals surface area contributed by atoms with E-state index in [1.807, 2.05) is 6.92 Å².